The number of methoxy groups -OCH3 is 1. The van der Waals surface area contributed by atoms with Crippen molar-refractivity contribution < 1.29 is 22.7 Å². The molecule has 0 aliphatic carbocycles. The van der Waals surface area contributed by atoms with Gasteiger partial charge in [0.25, 0.3) is 0 Å². The third-order valence-corrected chi connectivity index (χ3v) is 7.42. The number of amides is 1. The number of aryl methyl sites for hydroxylation is 2. The zero-order valence-corrected chi connectivity index (χ0v) is 19.4. The van der Waals surface area contributed by atoms with Gasteiger partial charge in [0.15, 0.2) is 0 Å². The average molecular weight is 460 g/mol. The quantitative estimate of drug-likeness (QED) is 0.616. The van der Waals surface area contributed by atoms with Crippen LogP contribution >= 0.6 is 0 Å². The van der Waals surface area contributed by atoms with E-state index in [1.807, 2.05) is 13.8 Å². The molecule has 1 heterocycles. The Morgan fingerprint density at radius 1 is 0.969 bits per heavy atom. The number of benzene rings is 2. The second-order valence-corrected chi connectivity index (χ2v) is 9.80. The molecule has 0 atom stereocenters. The van der Waals surface area contributed by atoms with Crippen molar-refractivity contribution in [3.63, 3.8) is 0 Å². The number of nitrogens with zero attached hydrogens (tertiary/aromatic N) is 1. The number of hydrogen-bond donors (Lipinski definition) is 2. The zero-order valence-electron chi connectivity index (χ0n) is 18.6. The summed E-state index contributed by atoms with van der Waals surface area (Å²) in [5, 5.41) is 5.84. The molecule has 2 N–H and O–H groups in total. The lowest BCUT2D eigenvalue weighted by Gasteiger charge is -2.26. The van der Waals surface area contributed by atoms with E-state index in [9.17, 15) is 18.0 Å². The molecule has 1 aliphatic heterocycles. The van der Waals surface area contributed by atoms with Crippen LogP contribution in [-0.2, 0) is 19.6 Å². The molecule has 32 heavy (non-hydrogen) atoms. The zero-order chi connectivity index (χ0) is 23.3. The maximum atomic E-state index is 12.9. The SMILES string of the molecule is COC(=O)c1ccc(NCC(=O)Nc2cc(S(=O)(=O)N3CCCCC3)ccc2C)c(C)c1. The number of piperidine rings is 1. The van der Waals surface area contributed by atoms with Crippen molar-refractivity contribution in [2.24, 2.45) is 0 Å². The van der Waals surface area contributed by atoms with Gasteiger partial charge < -0.3 is 15.4 Å². The van der Waals surface area contributed by atoms with Gasteiger partial charge in [-0.3, -0.25) is 4.79 Å². The largest absolute Gasteiger partial charge is 0.465 e. The topological polar surface area (TPSA) is 105 Å². The van der Waals surface area contributed by atoms with E-state index in [0.29, 0.717) is 30.0 Å². The van der Waals surface area contributed by atoms with Gasteiger partial charge >= 0.3 is 5.97 Å². The highest BCUT2D eigenvalue weighted by Gasteiger charge is 2.26. The van der Waals surface area contributed by atoms with Crippen LogP contribution in [0.15, 0.2) is 41.3 Å². The Bertz CT molecular complexity index is 1110. The monoisotopic (exact) mass is 459 g/mol. The summed E-state index contributed by atoms with van der Waals surface area (Å²) in [5.74, 6) is -0.732. The summed E-state index contributed by atoms with van der Waals surface area (Å²) in [4.78, 5) is 24.3. The van der Waals surface area contributed by atoms with E-state index in [0.717, 1.165) is 30.4 Å². The lowest BCUT2D eigenvalue weighted by atomic mass is 10.1. The minimum absolute atomic E-state index is 0.0129. The molecule has 0 unspecified atom stereocenters. The number of rotatable bonds is 7. The minimum Gasteiger partial charge on any atom is -0.465 e. The first-order valence-corrected chi connectivity index (χ1v) is 12.0. The first-order chi connectivity index (χ1) is 15.2. The lowest BCUT2D eigenvalue weighted by molar-refractivity contribution is -0.114. The van der Waals surface area contributed by atoms with Crippen molar-refractivity contribution in [1.29, 1.82) is 0 Å². The molecule has 0 radical (unpaired) electrons. The fraction of sp³-hybridized carbons (Fsp3) is 0.391. The fourth-order valence-electron chi connectivity index (χ4n) is 3.63. The highest BCUT2D eigenvalue weighted by Crippen LogP contribution is 2.25. The van der Waals surface area contributed by atoms with Gasteiger partial charge in [-0.15, -0.1) is 0 Å². The van der Waals surface area contributed by atoms with E-state index >= 15 is 0 Å². The van der Waals surface area contributed by atoms with E-state index in [2.05, 4.69) is 10.6 Å². The number of hydrogen-bond acceptors (Lipinski definition) is 6. The van der Waals surface area contributed by atoms with Gasteiger partial charge in [0.1, 0.15) is 0 Å². The number of nitrogens with one attached hydrogen (secondary N) is 2. The van der Waals surface area contributed by atoms with Gasteiger partial charge in [-0.1, -0.05) is 12.5 Å². The molecule has 0 bridgehead atoms. The van der Waals surface area contributed by atoms with Crippen molar-refractivity contribution in [1.82, 2.24) is 4.31 Å². The van der Waals surface area contributed by atoms with Crippen LogP contribution in [0, 0.1) is 13.8 Å². The molecule has 0 spiro atoms. The summed E-state index contributed by atoms with van der Waals surface area (Å²) in [7, 11) is -2.26. The number of ether oxygens (including phenoxy) is 1. The third kappa shape index (κ3) is 5.46. The van der Waals surface area contributed by atoms with E-state index in [1.54, 1.807) is 30.3 Å². The van der Waals surface area contributed by atoms with Gasteiger partial charge in [0.2, 0.25) is 15.9 Å². The Morgan fingerprint density at radius 3 is 2.34 bits per heavy atom. The molecule has 172 valence electrons. The van der Waals surface area contributed by atoms with Gasteiger partial charge in [-0.2, -0.15) is 4.31 Å². The molecule has 2 aromatic carbocycles. The number of sulfonamides is 1. The Balaban J connectivity index is 1.67. The van der Waals surface area contributed by atoms with Crippen LogP contribution in [0.1, 0.15) is 40.7 Å². The Morgan fingerprint density at radius 2 is 1.69 bits per heavy atom. The Kier molecular flexibility index (Phi) is 7.52. The molecule has 9 heteroatoms. The van der Waals surface area contributed by atoms with Gasteiger partial charge in [-0.05, 0) is 68.1 Å². The second kappa shape index (κ2) is 10.1. The first-order valence-electron chi connectivity index (χ1n) is 10.6. The highest BCUT2D eigenvalue weighted by atomic mass is 32.2. The Hall–Kier alpha value is -2.91. The molecular weight excluding hydrogens is 430 g/mol. The van der Waals surface area contributed by atoms with Crippen LogP contribution < -0.4 is 10.6 Å². The predicted octanol–water partition coefficient (Wildman–Crippen LogP) is 3.32. The predicted molar refractivity (Wildman–Crippen MR) is 123 cm³/mol. The van der Waals surface area contributed by atoms with Crippen molar-refractivity contribution in [3.8, 4) is 0 Å². The number of esters is 1. The summed E-state index contributed by atoms with van der Waals surface area (Å²) in [5.41, 5.74) is 3.18. The van der Waals surface area contributed by atoms with Crippen LogP contribution in [0.2, 0.25) is 0 Å². The number of anilines is 2. The molecule has 1 aliphatic rings. The van der Waals surface area contributed by atoms with Crippen LogP contribution in [0.25, 0.3) is 0 Å². The maximum absolute atomic E-state index is 12.9. The van der Waals surface area contributed by atoms with Crippen molar-refractivity contribution in [3.05, 3.63) is 53.1 Å². The third-order valence-electron chi connectivity index (χ3n) is 5.52. The van der Waals surface area contributed by atoms with Crippen molar-refractivity contribution in [2.75, 3.05) is 37.4 Å². The molecule has 0 saturated carbocycles. The molecule has 8 nitrogen and oxygen atoms in total. The highest BCUT2D eigenvalue weighted by molar-refractivity contribution is 7.89. The molecule has 2 aromatic rings. The second-order valence-electron chi connectivity index (χ2n) is 7.86. The first kappa shape index (κ1) is 23.7. The van der Waals surface area contributed by atoms with E-state index in [4.69, 9.17) is 4.74 Å². The van der Waals surface area contributed by atoms with Crippen molar-refractivity contribution >= 4 is 33.3 Å². The molecule has 1 amide bonds. The molecule has 0 aromatic heterocycles. The fourth-order valence-corrected chi connectivity index (χ4v) is 5.17. The van der Waals surface area contributed by atoms with Crippen molar-refractivity contribution in [2.45, 2.75) is 38.0 Å². The molecular formula is C23H29N3O5S. The minimum atomic E-state index is -3.58. The van der Waals surface area contributed by atoms with Crippen LogP contribution in [0.4, 0.5) is 11.4 Å². The molecule has 1 saturated heterocycles. The van der Waals surface area contributed by atoms with Gasteiger partial charge in [0.05, 0.1) is 24.1 Å². The Labute approximate surface area is 189 Å². The normalized spacial score (nSPS) is 14.6. The van der Waals surface area contributed by atoms with E-state index in [-0.39, 0.29) is 17.3 Å². The summed E-state index contributed by atoms with van der Waals surface area (Å²) < 4.78 is 32.1. The van der Waals surface area contributed by atoms with Crippen LogP contribution in [0.3, 0.4) is 0 Å². The summed E-state index contributed by atoms with van der Waals surface area (Å²) in [6, 6.07) is 9.83. The average Bonchev–Trinajstić information content (AvgIpc) is 2.79. The van der Waals surface area contributed by atoms with E-state index < -0.39 is 16.0 Å². The van der Waals surface area contributed by atoms with E-state index in [1.165, 1.54) is 17.5 Å². The lowest BCUT2D eigenvalue weighted by Crippen LogP contribution is -2.35. The molecule has 3 rings (SSSR count). The summed E-state index contributed by atoms with van der Waals surface area (Å²) >= 11 is 0. The number of carbonyl (C=O) groups excluding carboxylic acids is 2. The van der Waals surface area contributed by atoms with Crippen LogP contribution in [0.5, 0.6) is 0 Å². The number of carbonyl (C=O) groups is 2. The smallest absolute Gasteiger partial charge is 0.337 e. The molecule has 1 fully saturated rings. The van der Waals surface area contributed by atoms with Crippen LogP contribution in [-0.4, -0.2) is 51.3 Å². The maximum Gasteiger partial charge on any atom is 0.337 e. The van der Waals surface area contributed by atoms with Gasteiger partial charge in [0, 0.05) is 24.5 Å². The summed E-state index contributed by atoms with van der Waals surface area (Å²) in [6.07, 6.45) is 2.76. The standard InChI is InChI=1S/C23H29N3O5S/c1-16-7-9-19(32(29,30)26-11-5-4-6-12-26)14-21(16)25-22(27)15-24-20-10-8-18(13-17(20)2)23(28)31-3/h7-10,13-14,24H,4-6,11-12,15H2,1-3H3,(H,25,27). The summed E-state index contributed by atoms with van der Waals surface area (Å²) in [6.45, 7) is 4.68. The van der Waals surface area contributed by atoms with Gasteiger partial charge in [-0.25, -0.2) is 13.2 Å².